The summed E-state index contributed by atoms with van der Waals surface area (Å²) in [6.45, 7) is 22.7. The van der Waals surface area contributed by atoms with Crippen LogP contribution in [0.2, 0.25) is 0 Å². The Bertz CT molecular complexity index is 707. The van der Waals surface area contributed by atoms with E-state index >= 15 is 0 Å². The van der Waals surface area contributed by atoms with Gasteiger partial charge in [-0.1, -0.05) is 136 Å². The van der Waals surface area contributed by atoms with Gasteiger partial charge in [-0.05, 0) is 41.5 Å². The second-order valence-corrected chi connectivity index (χ2v) is 7.90. The average molecular weight is 625 g/mol. The molecular formula is C37H72N2O5. The fourth-order valence-corrected chi connectivity index (χ4v) is 1.50. The molecule has 2 rings (SSSR count). The van der Waals surface area contributed by atoms with E-state index in [2.05, 4.69) is 24.5 Å². The van der Waals surface area contributed by atoms with Crippen LogP contribution in [0.15, 0.2) is 72.8 Å². The molecule has 0 unspecified atom stereocenters. The van der Waals surface area contributed by atoms with Gasteiger partial charge in [-0.15, -0.1) is 0 Å². The minimum absolute atomic E-state index is 0. The van der Waals surface area contributed by atoms with Crippen molar-refractivity contribution < 1.29 is 24.0 Å². The lowest BCUT2D eigenvalue weighted by Crippen LogP contribution is -2.24. The number of ketones is 3. The van der Waals surface area contributed by atoms with E-state index in [1.54, 1.807) is 6.92 Å². The Kier molecular flexibility index (Phi) is 90.9. The van der Waals surface area contributed by atoms with Crippen molar-refractivity contribution in [1.82, 2.24) is 10.6 Å². The predicted octanol–water partition coefficient (Wildman–Crippen LogP) is 9.55. The molecule has 7 nitrogen and oxygen atoms in total. The van der Waals surface area contributed by atoms with Crippen molar-refractivity contribution >= 4 is 29.2 Å². The Morgan fingerprint density at radius 1 is 0.477 bits per heavy atom. The lowest BCUT2D eigenvalue weighted by molar-refractivity contribution is -0.127. The molecule has 260 valence electrons. The second kappa shape index (κ2) is 62.9. The molecule has 2 aromatic rings. The average Bonchev–Trinajstić information content (AvgIpc) is 2.93. The number of hydrogen-bond acceptors (Lipinski definition) is 5. The summed E-state index contributed by atoms with van der Waals surface area (Å²) in [5.74, 6) is 0.174. The van der Waals surface area contributed by atoms with Crippen LogP contribution in [-0.4, -0.2) is 42.3 Å². The molecule has 7 heteroatoms. The first-order chi connectivity index (χ1) is 19.4. The number of carbonyl (C=O) groups is 5. The van der Waals surface area contributed by atoms with Crippen molar-refractivity contribution in [3.05, 3.63) is 72.8 Å². The van der Waals surface area contributed by atoms with Crippen molar-refractivity contribution in [2.45, 2.75) is 125 Å². The van der Waals surface area contributed by atoms with Gasteiger partial charge in [-0.2, -0.15) is 0 Å². The minimum Gasteiger partial charge on any atom is -0.357 e. The zero-order valence-corrected chi connectivity index (χ0v) is 28.0. The van der Waals surface area contributed by atoms with E-state index < -0.39 is 0 Å². The summed E-state index contributed by atoms with van der Waals surface area (Å²) in [5.41, 5.74) is 0. The van der Waals surface area contributed by atoms with Crippen molar-refractivity contribution in [1.29, 1.82) is 0 Å². The summed E-state index contributed by atoms with van der Waals surface area (Å²) in [6, 6.07) is 24.0. The van der Waals surface area contributed by atoms with E-state index in [9.17, 15) is 24.0 Å². The Morgan fingerprint density at radius 2 is 0.682 bits per heavy atom. The monoisotopic (exact) mass is 625 g/mol. The molecule has 0 aromatic heterocycles. The Morgan fingerprint density at radius 3 is 0.773 bits per heavy atom. The highest BCUT2D eigenvalue weighted by Gasteiger charge is 2.00. The maximum absolute atomic E-state index is 10.5. The van der Waals surface area contributed by atoms with Crippen LogP contribution in [0.5, 0.6) is 0 Å². The van der Waals surface area contributed by atoms with E-state index in [-0.39, 0.29) is 57.9 Å². The third-order valence-corrected chi connectivity index (χ3v) is 3.04. The quantitative estimate of drug-likeness (QED) is 0.322. The summed E-state index contributed by atoms with van der Waals surface area (Å²) < 4.78 is 0. The number of nitrogens with one attached hydrogen (secondary N) is 2. The third-order valence-electron chi connectivity index (χ3n) is 3.04. The number of carbonyl (C=O) groups excluding carboxylic acids is 5. The molecule has 0 aliphatic rings. The van der Waals surface area contributed by atoms with Gasteiger partial charge in [-0.3, -0.25) is 14.4 Å². The molecule has 0 atom stereocenters. The zero-order valence-electron chi connectivity index (χ0n) is 28.0. The smallest absolute Gasteiger partial charge is 0.227 e. The van der Waals surface area contributed by atoms with Crippen LogP contribution in [0.3, 0.4) is 0 Å². The van der Waals surface area contributed by atoms with Gasteiger partial charge in [0.05, 0.1) is 6.42 Å². The molecular weight excluding hydrogens is 552 g/mol. The highest BCUT2D eigenvalue weighted by molar-refractivity contribution is 5.96. The molecule has 0 bridgehead atoms. The van der Waals surface area contributed by atoms with Crippen LogP contribution < -0.4 is 10.6 Å². The summed E-state index contributed by atoms with van der Waals surface area (Å²) in [7, 11) is 0. The molecule has 0 spiro atoms. The van der Waals surface area contributed by atoms with Gasteiger partial charge < -0.3 is 20.2 Å². The lowest BCUT2D eigenvalue weighted by atomic mass is 10.3. The number of hydrogen-bond donors (Lipinski definition) is 2. The molecule has 2 amide bonds. The topological polar surface area (TPSA) is 109 Å². The van der Waals surface area contributed by atoms with Crippen LogP contribution in [0.25, 0.3) is 0 Å². The molecule has 0 aliphatic carbocycles. The maximum Gasteiger partial charge on any atom is 0.227 e. The number of amides is 2. The first kappa shape index (κ1) is 63.6. The largest absolute Gasteiger partial charge is 0.357 e. The van der Waals surface area contributed by atoms with Crippen molar-refractivity contribution in [3.8, 4) is 0 Å². The summed E-state index contributed by atoms with van der Waals surface area (Å²) in [6.07, 6.45) is 1.92. The zero-order chi connectivity index (χ0) is 33.3. The Labute approximate surface area is 274 Å². The van der Waals surface area contributed by atoms with Crippen molar-refractivity contribution in [3.63, 3.8) is 0 Å². The number of Topliss-reactive ketones (excluding diaryl/α,β-unsaturated/α-hetero) is 3. The van der Waals surface area contributed by atoms with Crippen LogP contribution in [0, 0.1) is 0 Å². The van der Waals surface area contributed by atoms with E-state index in [1.807, 2.05) is 107 Å². The van der Waals surface area contributed by atoms with Gasteiger partial charge in [0.15, 0.2) is 0 Å². The minimum atomic E-state index is -0.190. The molecule has 0 radical (unpaired) electrons. The normalized spacial score (nSPS) is 7.00. The van der Waals surface area contributed by atoms with Crippen LogP contribution in [0.1, 0.15) is 125 Å². The van der Waals surface area contributed by atoms with E-state index in [0.29, 0.717) is 13.0 Å². The molecule has 0 saturated heterocycles. The van der Waals surface area contributed by atoms with Crippen molar-refractivity contribution in [2.75, 3.05) is 13.1 Å². The van der Waals surface area contributed by atoms with Gasteiger partial charge >= 0.3 is 0 Å². The molecule has 0 fully saturated rings. The highest BCUT2D eigenvalue weighted by Crippen LogP contribution is 1.81. The van der Waals surface area contributed by atoms with Crippen molar-refractivity contribution in [2.24, 2.45) is 0 Å². The van der Waals surface area contributed by atoms with E-state index in [0.717, 1.165) is 6.54 Å². The third kappa shape index (κ3) is 129. The fourth-order valence-electron chi connectivity index (χ4n) is 1.50. The lowest BCUT2D eigenvalue weighted by Gasteiger charge is -1.96. The molecule has 2 N–H and O–H groups in total. The molecule has 44 heavy (non-hydrogen) atoms. The van der Waals surface area contributed by atoms with Gasteiger partial charge in [-0.25, -0.2) is 0 Å². The number of rotatable bonds is 5. The van der Waals surface area contributed by atoms with Gasteiger partial charge in [0.25, 0.3) is 0 Å². The fraction of sp³-hybridized carbons (Fsp3) is 0.541. The van der Waals surface area contributed by atoms with Gasteiger partial charge in [0.1, 0.15) is 17.3 Å². The van der Waals surface area contributed by atoms with Gasteiger partial charge in [0.2, 0.25) is 11.8 Å². The second-order valence-electron chi connectivity index (χ2n) is 7.90. The van der Waals surface area contributed by atoms with Gasteiger partial charge in [0, 0.05) is 26.4 Å². The predicted molar refractivity (Wildman–Crippen MR) is 196 cm³/mol. The number of benzene rings is 2. The Balaban J connectivity index is -0.0000000463. The van der Waals surface area contributed by atoms with E-state index in [1.165, 1.54) is 34.1 Å². The molecule has 2 aromatic carbocycles. The van der Waals surface area contributed by atoms with Crippen LogP contribution in [-0.2, 0) is 24.0 Å². The first-order valence-electron chi connectivity index (χ1n) is 14.3. The standard InChI is InChI=1S/C6H11NO2.2C6H6.C4H9NO.C4H8O.C3H6O.C3H8.C2H6.3CH4/c1-3-7-6(9)4-5(2)8;2*1-2-4-6-5-3-1;1-3-5-4(2)6;1-3-4(2)5;1-3(2)4;1-3-2;1-2;;;/h3-4H2,1-2H3,(H,7,9);2*1-6H;3H2,1-2H3,(H,5,6);3H2,1-2H3;1-2H3;3H2,1-2H3;1-2H3;3*1H4. The molecule has 0 saturated carbocycles. The summed E-state index contributed by atoms with van der Waals surface area (Å²) >= 11 is 0. The molecule has 0 aliphatic heterocycles. The maximum atomic E-state index is 10.5. The Hall–Kier alpha value is -3.61. The SMILES string of the molecule is C.C.C.CC.CC(C)=O.CCC.CCC(C)=O.CCNC(=O)CC(C)=O.CCNC(C)=O.c1ccccc1.c1ccccc1. The van der Waals surface area contributed by atoms with Crippen LogP contribution in [0.4, 0.5) is 0 Å². The van der Waals surface area contributed by atoms with E-state index in [4.69, 9.17) is 0 Å². The van der Waals surface area contributed by atoms with Crippen LogP contribution >= 0.6 is 0 Å². The summed E-state index contributed by atoms with van der Waals surface area (Å²) in [4.78, 5) is 50.0. The highest BCUT2D eigenvalue weighted by atomic mass is 16.2. The summed E-state index contributed by atoms with van der Waals surface area (Å²) in [5, 5.41) is 5.09. The first-order valence-corrected chi connectivity index (χ1v) is 14.3. The molecule has 0 heterocycles.